The van der Waals surface area contributed by atoms with E-state index >= 15 is 0 Å². The summed E-state index contributed by atoms with van der Waals surface area (Å²) in [5.41, 5.74) is 0.778. The van der Waals surface area contributed by atoms with E-state index in [4.69, 9.17) is 32.7 Å². The van der Waals surface area contributed by atoms with Crippen LogP contribution < -0.4 is 10.1 Å². The first kappa shape index (κ1) is 20.8. The molecule has 8 heteroatoms. The third kappa shape index (κ3) is 5.51. The van der Waals surface area contributed by atoms with Crippen LogP contribution in [0, 0.1) is 0 Å². The van der Waals surface area contributed by atoms with Crippen LogP contribution in [0.3, 0.4) is 0 Å². The molecule has 0 radical (unpaired) electrons. The Morgan fingerprint density at radius 2 is 2.00 bits per heavy atom. The number of ether oxygens (including phenoxy) is 2. The summed E-state index contributed by atoms with van der Waals surface area (Å²) in [7, 11) is 1.66. The second-order valence-corrected chi connectivity index (χ2v) is 7.14. The first-order valence-electron chi connectivity index (χ1n) is 7.90. The summed E-state index contributed by atoms with van der Waals surface area (Å²) >= 11 is 13.7. The summed E-state index contributed by atoms with van der Waals surface area (Å²) in [6.07, 6.45) is 5.66. The van der Waals surface area contributed by atoms with Crippen LogP contribution in [0.4, 0.5) is 5.69 Å². The van der Waals surface area contributed by atoms with E-state index in [9.17, 15) is 4.79 Å². The Bertz CT molecular complexity index is 754. The number of rotatable bonds is 8. The molecule has 5 nitrogen and oxygen atoms in total. The van der Waals surface area contributed by atoms with Crippen molar-refractivity contribution >= 4 is 46.6 Å². The minimum absolute atomic E-state index is 0.107. The van der Waals surface area contributed by atoms with Crippen LogP contribution in [-0.4, -0.2) is 37.0 Å². The van der Waals surface area contributed by atoms with Gasteiger partial charge in [-0.05, 0) is 31.4 Å². The number of carbonyl (C=O) groups is 1. The van der Waals surface area contributed by atoms with Crippen LogP contribution in [0.15, 0.2) is 35.5 Å². The molecule has 1 atom stereocenters. The molecule has 0 saturated heterocycles. The van der Waals surface area contributed by atoms with Crippen molar-refractivity contribution in [2.24, 2.45) is 0 Å². The highest BCUT2D eigenvalue weighted by Crippen LogP contribution is 2.31. The zero-order valence-electron chi connectivity index (χ0n) is 14.7. The van der Waals surface area contributed by atoms with Crippen LogP contribution in [0.1, 0.15) is 23.7 Å². The van der Waals surface area contributed by atoms with Gasteiger partial charge in [-0.25, -0.2) is 0 Å². The molecule has 2 aromatic rings. The molecule has 0 saturated carbocycles. The molecule has 0 aliphatic carbocycles. The molecule has 1 unspecified atom stereocenters. The molecule has 26 heavy (non-hydrogen) atoms. The van der Waals surface area contributed by atoms with Gasteiger partial charge in [-0.15, -0.1) is 11.8 Å². The maximum atomic E-state index is 12.6. The number of aromatic nitrogens is 1. The molecular weight excluding hydrogens is 395 g/mol. The SMILES string of the molecule is COC(C)CCOc1cc(C(=O)Nc2c(Cl)cncc2Cl)ccc1SC. The number of pyridine rings is 1. The monoisotopic (exact) mass is 414 g/mol. The molecule has 0 fully saturated rings. The van der Waals surface area contributed by atoms with Gasteiger partial charge in [-0.1, -0.05) is 23.2 Å². The van der Waals surface area contributed by atoms with Crippen molar-refractivity contribution < 1.29 is 14.3 Å². The number of hydrogen-bond donors (Lipinski definition) is 1. The number of anilines is 1. The molecule has 0 aliphatic heterocycles. The first-order valence-corrected chi connectivity index (χ1v) is 9.88. The lowest BCUT2D eigenvalue weighted by Gasteiger charge is -2.14. The van der Waals surface area contributed by atoms with Crippen molar-refractivity contribution in [2.75, 3.05) is 25.3 Å². The van der Waals surface area contributed by atoms with Crippen molar-refractivity contribution in [1.82, 2.24) is 4.98 Å². The van der Waals surface area contributed by atoms with Gasteiger partial charge in [0, 0.05) is 36.4 Å². The standard InChI is InChI=1S/C18H20Cl2N2O3S/c1-11(24-2)6-7-25-15-8-12(4-5-16(15)26-3)18(23)22-17-13(19)9-21-10-14(17)20/h4-5,8-11H,6-7H2,1-3H3,(H,21,22,23). The lowest BCUT2D eigenvalue weighted by atomic mass is 10.2. The van der Waals surface area contributed by atoms with Crippen molar-refractivity contribution in [2.45, 2.75) is 24.3 Å². The van der Waals surface area contributed by atoms with Crippen molar-refractivity contribution in [1.29, 1.82) is 0 Å². The molecular formula is C18H20Cl2N2O3S. The van der Waals surface area contributed by atoms with E-state index < -0.39 is 0 Å². The third-order valence-electron chi connectivity index (χ3n) is 3.70. The average molecular weight is 415 g/mol. The van der Waals surface area contributed by atoms with Gasteiger partial charge in [0.05, 0.1) is 28.4 Å². The van der Waals surface area contributed by atoms with E-state index in [1.165, 1.54) is 12.4 Å². The second-order valence-electron chi connectivity index (χ2n) is 5.48. The van der Waals surface area contributed by atoms with E-state index in [0.29, 0.717) is 23.6 Å². The van der Waals surface area contributed by atoms with Crippen LogP contribution >= 0.6 is 35.0 Å². The smallest absolute Gasteiger partial charge is 0.255 e. The van der Waals surface area contributed by atoms with Gasteiger partial charge >= 0.3 is 0 Å². The minimum atomic E-state index is -0.331. The van der Waals surface area contributed by atoms with Crippen molar-refractivity contribution in [3.05, 3.63) is 46.2 Å². The van der Waals surface area contributed by atoms with E-state index in [-0.39, 0.29) is 22.1 Å². The van der Waals surface area contributed by atoms with Crippen LogP contribution in [0.2, 0.25) is 10.0 Å². The highest BCUT2D eigenvalue weighted by atomic mass is 35.5. The predicted molar refractivity (Wildman–Crippen MR) is 107 cm³/mol. The number of benzene rings is 1. The Hall–Kier alpha value is -1.47. The summed E-state index contributed by atoms with van der Waals surface area (Å²) in [6, 6.07) is 5.29. The number of nitrogens with zero attached hydrogens (tertiary/aromatic N) is 1. The van der Waals surface area contributed by atoms with Gasteiger partial charge in [-0.2, -0.15) is 0 Å². The Kier molecular flexibility index (Phi) is 8.03. The first-order chi connectivity index (χ1) is 12.5. The number of amides is 1. The van der Waals surface area contributed by atoms with Gasteiger partial charge in [0.15, 0.2) is 0 Å². The van der Waals surface area contributed by atoms with E-state index in [2.05, 4.69) is 10.3 Å². The molecule has 1 amide bonds. The number of hydrogen-bond acceptors (Lipinski definition) is 5. The normalized spacial score (nSPS) is 11.9. The number of methoxy groups -OCH3 is 1. The third-order valence-corrected chi connectivity index (χ3v) is 5.05. The largest absolute Gasteiger partial charge is 0.492 e. The number of carbonyl (C=O) groups excluding carboxylic acids is 1. The molecule has 0 spiro atoms. The molecule has 140 valence electrons. The van der Waals surface area contributed by atoms with Gasteiger partial charge < -0.3 is 14.8 Å². The summed E-state index contributed by atoms with van der Waals surface area (Å²) in [6.45, 7) is 2.47. The Morgan fingerprint density at radius 1 is 1.31 bits per heavy atom. The zero-order chi connectivity index (χ0) is 19.1. The van der Waals surface area contributed by atoms with Gasteiger partial charge in [-0.3, -0.25) is 9.78 Å². The summed E-state index contributed by atoms with van der Waals surface area (Å²) in [5, 5.41) is 3.27. The van der Waals surface area contributed by atoms with Gasteiger partial charge in [0.2, 0.25) is 0 Å². The quantitative estimate of drug-likeness (QED) is 0.603. The van der Waals surface area contributed by atoms with Gasteiger partial charge in [0.1, 0.15) is 5.75 Å². The van der Waals surface area contributed by atoms with Crippen LogP contribution in [-0.2, 0) is 4.74 Å². The lowest BCUT2D eigenvalue weighted by molar-refractivity contribution is 0.0948. The molecule has 1 heterocycles. The average Bonchev–Trinajstić information content (AvgIpc) is 2.64. The Balaban J connectivity index is 2.16. The van der Waals surface area contributed by atoms with Gasteiger partial charge in [0.25, 0.3) is 5.91 Å². The summed E-state index contributed by atoms with van der Waals surface area (Å²) < 4.78 is 11.1. The van der Waals surface area contributed by atoms with Crippen molar-refractivity contribution in [3.8, 4) is 5.75 Å². The minimum Gasteiger partial charge on any atom is -0.492 e. The summed E-state index contributed by atoms with van der Waals surface area (Å²) in [4.78, 5) is 17.4. The van der Waals surface area contributed by atoms with E-state index in [1.807, 2.05) is 19.2 Å². The molecule has 0 bridgehead atoms. The summed E-state index contributed by atoms with van der Waals surface area (Å²) in [5.74, 6) is 0.322. The molecule has 0 aliphatic rings. The van der Waals surface area contributed by atoms with Crippen LogP contribution in [0.5, 0.6) is 5.75 Å². The molecule has 1 aromatic carbocycles. The lowest BCUT2D eigenvalue weighted by Crippen LogP contribution is -2.14. The fraction of sp³-hybridized carbons (Fsp3) is 0.333. The number of nitrogens with one attached hydrogen (secondary N) is 1. The number of thioether (sulfide) groups is 1. The fourth-order valence-electron chi connectivity index (χ4n) is 2.10. The highest BCUT2D eigenvalue weighted by Gasteiger charge is 2.14. The topological polar surface area (TPSA) is 60.5 Å². The second kappa shape index (κ2) is 10.0. The molecule has 1 aromatic heterocycles. The van der Waals surface area contributed by atoms with Crippen LogP contribution in [0.25, 0.3) is 0 Å². The fourth-order valence-corrected chi connectivity index (χ4v) is 3.08. The maximum Gasteiger partial charge on any atom is 0.255 e. The molecule has 1 N–H and O–H groups in total. The van der Waals surface area contributed by atoms with E-state index in [0.717, 1.165) is 11.3 Å². The zero-order valence-corrected chi connectivity index (χ0v) is 17.0. The Morgan fingerprint density at radius 3 is 2.62 bits per heavy atom. The Labute approximate surface area is 167 Å². The number of halogens is 2. The van der Waals surface area contributed by atoms with Crippen molar-refractivity contribution in [3.63, 3.8) is 0 Å². The van der Waals surface area contributed by atoms with E-state index in [1.54, 1.807) is 31.0 Å². The predicted octanol–water partition coefficient (Wildman–Crippen LogP) is 5.17. The molecule has 2 rings (SSSR count). The highest BCUT2D eigenvalue weighted by molar-refractivity contribution is 7.98. The maximum absolute atomic E-state index is 12.6.